The van der Waals surface area contributed by atoms with Crippen LogP contribution in [-0.4, -0.2) is 49.1 Å². The monoisotopic (exact) mass is 480 g/mol. The van der Waals surface area contributed by atoms with Gasteiger partial charge in [0, 0.05) is 48.0 Å². The smallest absolute Gasteiger partial charge is 0.226 e. The second-order valence-electron chi connectivity index (χ2n) is 9.59. The highest BCUT2D eigenvalue weighted by molar-refractivity contribution is 5.98. The van der Waals surface area contributed by atoms with Crippen LogP contribution in [-0.2, 0) is 4.79 Å². The largest absolute Gasteiger partial charge is 0.371 e. The molecule has 1 amide bonds. The van der Waals surface area contributed by atoms with Crippen LogP contribution in [0, 0.1) is 5.92 Å². The molecule has 9 heteroatoms. The lowest BCUT2D eigenvalue weighted by Crippen LogP contribution is -2.29. The van der Waals surface area contributed by atoms with Crippen molar-refractivity contribution in [1.82, 2.24) is 30.1 Å². The van der Waals surface area contributed by atoms with Gasteiger partial charge in [-0.25, -0.2) is 9.97 Å². The van der Waals surface area contributed by atoms with Crippen molar-refractivity contribution in [1.29, 1.82) is 0 Å². The number of rotatable bonds is 5. The highest BCUT2D eigenvalue weighted by atomic mass is 16.1. The number of piperidine rings is 1. The summed E-state index contributed by atoms with van der Waals surface area (Å²) in [7, 11) is 0. The number of aromatic nitrogens is 6. The number of nitrogens with one attached hydrogen (secondary N) is 3. The third-order valence-corrected chi connectivity index (χ3v) is 6.69. The van der Waals surface area contributed by atoms with E-state index in [0.29, 0.717) is 5.69 Å². The van der Waals surface area contributed by atoms with Crippen molar-refractivity contribution in [3.8, 4) is 22.6 Å². The lowest BCUT2D eigenvalue weighted by molar-refractivity contribution is -0.118. The molecule has 3 N–H and O–H groups in total. The summed E-state index contributed by atoms with van der Waals surface area (Å²) in [5, 5.41) is 11.7. The van der Waals surface area contributed by atoms with Gasteiger partial charge in [0.05, 0.1) is 28.8 Å². The van der Waals surface area contributed by atoms with Gasteiger partial charge in [-0.05, 0) is 49.6 Å². The van der Waals surface area contributed by atoms with Crippen LogP contribution < -0.4 is 10.2 Å². The maximum atomic E-state index is 12.1. The molecule has 36 heavy (non-hydrogen) atoms. The molecule has 1 aliphatic rings. The number of carbonyl (C=O) groups is 1. The van der Waals surface area contributed by atoms with Crippen molar-refractivity contribution in [3.63, 3.8) is 0 Å². The minimum Gasteiger partial charge on any atom is -0.371 e. The first-order valence-corrected chi connectivity index (χ1v) is 12.4. The highest BCUT2D eigenvalue weighted by Crippen LogP contribution is 2.33. The van der Waals surface area contributed by atoms with Crippen LogP contribution in [0.5, 0.6) is 0 Å². The van der Waals surface area contributed by atoms with Gasteiger partial charge in [0.15, 0.2) is 0 Å². The molecule has 0 unspecified atom stereocenters. The van der Waals surface area contributed by atoms with Gasteiger partial charge in [-0.1, -0.05) is 13.8 Å². The standard InChI is InChI=1S/C27H28N8O/c1-16(2)27(36)30-18-12-17(14-28-15-18)20-6-7-21-24(31-20)25(34-33-21)22-13-19-23(8-9-29-26(19)32-22)35-10-4-3-5-11-35/h6-9,12-16H,3-5,10-11H2,1-2H3,(H,29,32)(H,30,36)(H,33,34). The normalized spacial score (nSPS) is 14.1. The average Bonchev–Trinajstić information content (AvgIpc) is 3.53. The molecule has 1 saturated heterocycles. The van der Waals surface area contributed by atoms with Gasteiger partial charge in [-0.3, -0.25) is 14.9 Å². The molecule has 182 valence electrons. The van der Waals surface area contributed by atoms with Gasteiger partial charge in [0.25, 0.3) is 0 Å². The first-order chi connectivity index (χ1) is 17.6. The molecular formula is C27H28N8O. The zero-order valence-electron chi connectivity index (χ0n) is 20.4. The molecule has 0 spiro atoms. The number of anilines is 2. The first kappa shape index (κ1) is 22.2. The number of fused-ring (bicyclic) bond motifs is 2. The molecule has 1 fully saturated rings. The number of aromatic amines is 2. The SMILES string of the molecule is CC(C)C(=O)Nc1cncc(-c2ccc3[nH]nc(-c4cc5c(N6CCCCC6)ccnc5[nH]4)c3n2)c1. The van der Waals surface area contributed by atoms with Gasteiger partial charge < -0.3 is 15.2 Å². The van der Waals surface area contributed by atoms with E-state index in [1.165, 1.54) is 24.9 Å². The maximum Gasteiger partial charge on any atom is 0.226 e. The number of pyridine rings is 3. The minimum atomic E-state index is -0.113. The Balaban J connectivity index is 1.38. The van der Waals surface area contributed by atoms with Gasteiger partial charge in [-0.2, -0.15) is 5.10 Å². The van der Waals surface area contributed by atoms with Crippen LogP contribution in [0.4, 0.5) is 11.4 Å². The van der Waals surface area contributed by atoms with Crippen molar-refractivity contribution in [2.24, 2.45) is 5.92 Å². The van der Waals surface area contributed by atoms with E-state index in [1.54, 1.807) is 12.4 Å². The lowest BCUT2D eigenvalue weighted by Gasteiger charge is -2.29. The summed E-state index contributed by atoms with van der Waals surface area (Å²) in [6.45, 7) is 5.86. The van der Waals surface area contributed by atoms with E-state index in [2.05, 4.69) is 47.5 Å². The van der Waals surface area contributed by atoms with Crippen molar-refractivity contribution in [2.45, 2.75) is 33.1 Å². The Bertz CT molecular complexity index is 1560. The van der Waals surface area contributed by atoms with Crippen LogP contribution in [0.2, 0.25) is 0 Å². The molecule has 5 aromatic rings. The summed E-state index contributed by atoms with van der Waals surface area (Å²) >= 11 is 0. The molecule has 0 bridgehead atoms. The fourth-order valence-electron chi connectivity index (χ4n) is 4.73. The Morgan fingerprint density at radius 2 is 1.94 bits per heavy atom. The van der Waals surface area contributed by atoms with Crippen LogP contribution in [0.1, 0.15) is 33.1 Å². The number of amides is 1. The molecule has 0 atom stereocenters. The molecule has 0 aromatic carbocycles. The fourth-order valence-corrected chi connectivity index (χ4v) is 4.73. The Kier molecular flexibility index (Phi) is 5.59. The summed E-state index contributed by atoms with van der Waals surface area (Å²) in [5.41, 5.74) is 7.48. The fraction of sp³-hybridized carbons (Fsp3) is 0.296. The molecule has 0 radical (unpaired) electrons. The van der Waals surface area contributed by atoms with Gasteiger partial charge >= 0.3 is 0 Å². The zero-order chi connectivity index (χ0) is 24.6. The van der Waals surface area contributed by atoms with Gasteiger partial charge in [-0.15, -0.1) is 0 Å². The predicted molar refractivity (Wildman–Crippen MR) is 142 cm³/mol. The topological polar surface area (TPSA) is 115 Å². The van der Waals surface area contributed by atoms with Crippen molar-refractivity contribution in [2.75, 3.05) is 23.3 Å². The van der Waals surface area contributed by atoms with E-state index >= 15 is 0 Å². The van der Waals surface area contributed by atoms with E-state index in [-0.39, 0.29) is 11.8 Å². The Hall–Kier alpha value is -4.27. The number of carbonyl (C=O) groups excluding carboxylic acids is 1. The van der Waals surface area contributed by atoms with Crippen LogP contribution in [0.3, 0.4) is 0 Å². The Labute approximate surface area is 208 Å². The second-order valence-corrected chi connectivity index (χ2v) is 9.59. The highest BCUT2D eigenvalue weighted by Gasteiger charge is 2.19. The molecule has 9 nitrogen and oxygen atoms in total. The Morgan fingerprint density at radius 1 is 1.08 bits per heavy atom. The summed E-state index contributed by atoms with van der Waals surface area (Å²) in [6, 6.07) is 10.0. The third kappa shape index (κ3) is 4.06. The second kappa shape index (κ2) is 9.07. The first-order valence-electron chi connectivity index (χ1n) is 12.4. The molecule has 0 aliphatic carbocycles. The Morgan fingerprint density at radius 3 is 2.78 bits per heavy atom. The van der Waals surface area contributed by atoms with Crippen LogP contribution in [0.25, 0.3) is 44.7 Å². The van der Waals surface area contributed by atoms with Gasteiger partial charge in [0.1, 0.15) is 16.9 Å². The third-order valence-electron chi connectivity index (χ3n) is 6.69. The summed E-state index contributed by atoms with van der Waals surface area (Å²) in [6.07, 6.45) is 8.98. The van der Waals surface area contributed by atoms with Crippen LogP contribution >= 0.6 is 0 Å². The van der Waals surface area contributed by atoms with Crippen molar-refractivity contribution < 1.29 is 4.79 Å². The number of hydrogen-bond donors (Lipinski definition) is 3. The van der Waals surface area contributed by atoms with Crippen molar-refractivity contribution >= 4 is 39.3 Å². The molecular weight excluding hydrogens is 452 g/mol. The quantitative estimate of drug-likeness (QED) is 0.320. The van der Waals surface area contributed by atoms with E-state index in [0.717, 1.165) is 57.8 Å². The molecule has 0 saturated carbocycles. The van der Waals surface area contributed by atoms with E-state index in [1.807, 2.05) is 38.2 Å². The summed E-state index contributed by atoms with van der Waals surface area (Å²) < 4.78 is 0. The van der Waals surface area contributed by atoms with E-state index in [4.69, 9.17) is 4.98 Å². The molecule has 1 aliphatic heterocycles. The van der Waals surface area contributed by atoms with Gasteiger partial charge in [0.2, 0.25) is 5.91 Å². The summed E-state index contributed by atoms with van der Waals surface area (Å²) in [5.74, 6) is -0.163. The molecule has 6 rings (SSSR count). The lowest BCUT2D eigenvalue weighted by atomic mass is 10.1. The molecule has 6 heterocycles. The van der Waals surface area contributed by atoms with Crippen molar-refractivity contribution in [3.05, 3.63) is 48.9 Å². The number of hydrogen-bond acceptors (Lipinski definition) is 6. The predicted octanol–water partition coefficient (Wildman–Crippen LogP) is 5.15. The number of H-pyrrole nitrogens is 2. The minimum absolute atomic E-state index is 0.0502. The maximum absolute atomic E-state index is 12.1. The summed E-state index contributed by atoms with van der Waals surface area (Å²) in [4.78, 5) is 31.8. The van der Waals surface area contributed by atoms with Crippen LogP contribution in [0.15, 0.2) is 48.9 Å². The molecule has 5 aromatic heterocycles. The average molecular weight is 481 g/mol. The van der Waals surface area contributed by atoms with E-state index < -0.39 is 0 Å². The number of nitrogens with zero attached hydrogens (tertiary/aromatic N) is 5. The van der Waals surface area contributed by atoms with E-state index in [9.17, 15) is 4.79 Å². The zero-order valence-corrected chi connectivity index (χ0v) is 20.4.